The largest absolute Gasteiger partial charge is 0.375 e. The van der Waals surface area contributed by atoms with E-state index in [1.807, 2.05) is 0 Å². The fourth-order valence-corrected chi connectivity index (χ4v) is 4.31. The van der Waals surface area contributed by atoms with Crippen LogP contribution in [0.5, 0.6) is 0 Å². The van der Waals surface area contributed by atoms with Crippen LogP contribution in [0.1, 0.15) is 29.5 Å². The molecular formula is C13H12Cl2N4S2. The number of nitrogens with zero attached hydrogens (tertiary/aromatic N) is 3. The Balaban J connectivity index is 2.08. The molecule has 0 spiro atoms. The van der Waals surface area contributed by atoms with E-state index < -0.39 is 0 Å². The van der Waals surface area contributed by atoms with Gasteiger partial charge in [0.25, 0.3) is 0 Å². The minimum atomic E-state index is 0.533. The molecule has 4 nitrogen and oxygen atoms in total. The van der Waals surface area contributed by atoms with Gasteiger partial charge < -0.3 is 5.73 Å². The summed E-state index contributed by atoms with van der Waals surface area (Å²) >= 11 is 15.2. The van der Waals surface area contributed by atoms with Gasteiger partial charge in [-0.15, -0.1) is 11.3 Å². The molecule has 0 atom stereocenters. The minimum Gasteiger partial charge on any atom is -0.375 e. The second-order valence-electron chi connectivity index (χ2n) is 4.63. The van der Waals surface area contributed by atoms with Gasteiger partial charge in [-0.25, -0.2) is 4.98 Å². The highest BCUT2D eigenvalue weighted by Crippen LogP contribution is 2.34. The molecule has 110 valence electrons. The quantitative estimate of drug-likeness (QED) is 0.741. The standard InChI is InChI=1S/C13H12Cl2N4S2/c1-2-3-9-10(20-13(16)17-9)4-6-7(14)5-8(15)12-11(6)18-21-19-12/h5H,2-4H2,1H3,(H2,16,17). The molecule has 1 aromatic carbocycles. The van der Waals surface area contributed by atoms with Crippen molar-refractivity contribution in [3.8, 4) is 0 Å². The Morgan fingerprint density at radius 1 is 1.19 bits per heavy atom. The lowest BCUT2D eigenvalue weighted by Crippen LogP contribution is -1.95. The van der Waals surface area contributed by atoms with Crippen LogP contribution < -0.4 is 5.73 Å². The van der Waals surface area contributed by atoms with Crippen molar-refractivity contribution in [3.63, 3.8) is 0 Å². The first-order valence-corrected chi connectivity index (χ1v) is 8.73. The van der Waals surface area contributed by atoms with E-state index in [1.165, 1.54) is 11.3 Å². The van der Waals surface area contributed by atoms with Crippen molar-refractivity contribution in [2.45, 2.75) is 26.2 Å². The molecule has 0 saturated carbocycles. The van der Waals surface area contributed by atoms with E-state index in [0.717, 1.165) is 46.2 Å². The molecule has 2 aromatic heterocycles. The van der Waals surface area contributed by atoms with E-state index in [4.69, 9.17) is 28.9 Å². The van der Waals surface area contributed by atoms with E-state index in [2.05, 4.69) is 20.7 Å². The number of aromatic nitrogens is 3. The summed E-state index contributed by atoms with van der Waals surface area (Å²) in [6.45, 7) is 2.12. The third kappa shape index (κ3) is 2.85. The second-order valence-corrected chi connectivity index (χ2v) is 7.09. The average molecular weight is 359 g/mol. The van der Waals surface area contributed by atoms with Crippen LogP contribution in [0.25, 0.3) is 11.0 Å². The van der Waals surface area contributed by atoms with E-state index in [9.17, 15) is 0 Å². The summed E-state index contributed by atoms with van der Waals surface area (Å²) in [5, 5.41) is 1.73. The number of hydrogen-bond acceptors (Lipinski definition) is 6. The minimum absolute atomic E-state index is 0.533. The summed E-state index contributed by atoms with van der Waals surface area (Å²) in [5.74, 6) is 0. The van der Waals surface area contributed by atoms with Gasteiger partial charge in [-0.2, -0.15) is 8.75 Å². The molecule has 0 bridgehead atoms. The van der Waals surface area contributed by atoms with Gasteiger partial charge in [0.2, 0.25) is 0 Å². The smallest absolute Gasteiger partial charge is 0.180 e. The van der Waals surface area contributed by atoms with E-state index in [-0.39, 0.29) is 0 Å². The van der Waals surface area contributed by atoms with Gasteiger partial charge in [0.05, 0.1) is 22.4 Å². The van der Waals surface area contributed by atoms with Crippen molar-refractivity contribution >= 4 is 62.4 Å². The number of nitrogen functional groups attached to an aromatic ring is 1. The summed E-state index contributed by atoms with van der Waals surface area (Å²) in [6, 6.07) is 1.73. The number of nitrogens with two attached hydrogens (primary N) is 1. The molecule has 3 aromatic rings. The van der Waals surface area contributed by atoms with Gasteiger partial charge in [-0.05, 0) is 12.5 Å². The van der Waals surface area contributed by atoms with E-state index in [0.29, 0.717) is 27.1 Å². The molecule has 0 fully saturated rings. The van der Waals surface area contributed by atoms with E-state index in [1.54, 1.807) is 6.07 Å². The second kappa shape index (κ2) is 6.04. The normalized spacial score (nSPS) is 11.4. The maximum atomic E-state index is 6.36. The SMILES string of the molecule is CCCc1nc(N)sc1Cc1c(Cl)cc(Cl)c2nsnc12. The van der Waals surface area contributed by atoms with Crippen LogP contribution in [0.2, 0.25) is 10.0 Å². The van der Waals surface area contributed by atoms with Crippen LogP contribution in [-0.2, 0) is 12.8 Å². The number of aryl methyl sites for hydroxylation is 1. The lowest BCUT2D eigenvalue weighted by Gasteiger charge is -2.06. The number of rotatable bonds is 4. The van der Waals surface area contributed by atoms with Crippen molar-refractivity contribution in [1.82, 2.24) is 13.7 Å². The third-order valence-corrected chi connectivity index (χ3v) is 5.24. The molecule has 2 N–H and O–H groups in total. The average Bonchev–Trinajstić information content (AvgIpc) is 3.02. The van der Waals surface area contributed by atoms with Gasteiger partial charge in [-0.1, -0.05) is 36.5 Å². The van der Waals surface area contributed by atoms with Crippen molar-refractivity contribution < 1.29 is 0 Å². The number of hydrogen-bond donors (Lipinski definition) is 1. The van der Waals surface area contributed by atoms with Gasteiger partial charge in [0, 0.05) is 21.9 Å². The van der Waals surface area contributed by atoms with Crippen molar-refractivity contribution in [3.05, 3.63) is 32.2 Å². The number of anilines is 1. The highest BCUT2D eigenvalue weighted by molar-refractivity contribution is 7.15. The fraction of sp³-hybridized carbons (Fsp3) is 0.308. The fourth-order valence-electron chi connectivity index (χ4n) is 2.23. The van der Waals surface area contributed by atoms with Crippen LogP contribution in [0.15, 0.2) is 6.07 Å². The van der Waals surface area contributed by atoms with E-state index >= 15 is 0 Å². The Bertz CT molecular complexity index is 797. The Morgan fingerprint density at radius 2 is 1.95 bits per heavy atom. The van der Waals surface area contributed by atoms with Crippen molar-refractivity contribution in [2.75, 3.05) is 5.73 Å². The first kappa shape index (κ1) is 15.0. The number of benzene rings is 1. The summed E-state index contributed by atoms with van der Waals surface area (Å²) in [5.41, 5.74) is 9.30. The molecule has 3 rings (SSSR count). The molecule has 0 aliphatic heterocycles. The Labute approximate surface area is 140 Å². The maximum Gasteiger partial charge on any atom is 0.180 e. The van der Waals surface area contributed by atoms with Crippen LogP contribution in [0, 0.1) is 0 Å². The highest BCUT2D eigenvalue weighted by Gasteiger charge is 2.17. The molecule has 0 saturated heterocycles. The van der Waals surface area contributed by atoms with Crippen LogP contribution >= 0.6 is 46.3 Å². The third-order valence-electron chi connectivity index (χ3n) is 3.16. The monoisotopic (exact) mass is 358 g/mol. The zero-order chi connectivity index (χ0) is 15.0. The number of thiazole rings is 1. The zero-order valence-corrected chi connectivity index (χ0v) is 14.3. The molecule has 0 radical (unpaired) electrons. The van der Waals surface area contributed by atoms with Gasteiger partial charge in [-0.3, -0.25) is 0 Å². The summed E-state index contributed by atoms with van der Waals surface area (Å²) in [7, 11) is 0. The summed E-state index contributed by atoms with van der Waals surface area (Å²) < 4.78 is 8.56. The molecule has 2 heterocycles. The predicted octanol–water partition coefficient (Wildman–Crippen LogP) is 4.58. The molecule has 21 heavy (non-hydrogen) atoms. The van der Waals surface area contributed by atoms with Crippen LogP contribution in [-0.4, -0.2) is 13.7 Å². The Kier molecular flexibility index (Phi) is 4.31. The molecular weight excluding hydrogens is 347 g/mol. The molecule has 0 amide bonds. The molecule has 0 unspecified atom stereocenters. The number of halogens is 2. The Hall–Kier alpha value is -0.950. The van der Waals surface area contributed by atoms with Gasteiger partial charge in [0.1, 0.15) is 11.0 Å². The van der Waals surface area contributed by atoms with Crippen LogP contribution in [0.4, 0.5) is 5.13 Å². The molecule has 0 aliphatic carbocycles. The summed E-state index contributed by atoms with van der Waals surface area (Å²) in [4.78, 5) is 5.54. The van der Waals surface area contributed by atoms with Crippen LogP contribution in [0.3, 0.4) is 0 Å². The predicted molar refractivity (Wildman–Crippen MR) is 90.8 cm³/mol. The maximum absolute atomic E-state index is 6.36. The lowest BCUT2D eigenvalue weighted by molar-refractivity contribution is 0.880. The van der Waals surface area contributed by atoms with Crippen molar-refractivity contribution in [2.24, 2.45) is 0 Å². The molecule has 0 aliphatic rings. The topological polar surface area (TPSA) is 64.7 Å². The first-order valence-electron chi connectivity index (χ1n) is 6.43. The van der Waals surface area contributed by atoms with Gasteiger partial charge >= 0.3 is 0 Å². The number of fused-ring (bicyclic) bond motifs is 1. The van der Waals surface area contributed by atoms with Crippen molar-refractivity contribution in [1.29, 1.82) is 0 Å². The lowest BCUT2D eigenvalue weighted by atomic mass is 10.1. The molecule has 8 heteroatoms. The zero-order valence-electron chi connectivity index (χ0n) is 11.2. The highest BCUT2D eigenvalue weighted by atomic mass is 35.5. The Morgan fingerprint density at radius 3 is 2.71 bits per heavy atom. The summed E-state index contributed by atoms with van der Waals surface area (Å²) in [6.07, 6.45) is 2.59. The van der Waals surface area contributed by atoms with Gasteiger partial charge in [0.15, 0.2) is 5.13 Å². The first-order chi connectivity index (χ1) is 10.1.